The number of rotatable bonds is 9. The quantitative estimate of drug-likeness (QED) is 0.200. The Bertz CT molecular complexity index is 931. The number of hydrogen-bond acceptors (Lipinski definition) is 6. The summed E-state index contributed by atoms with van der Waals surface area (Å²) in [5.74, 6) is 1.31. The maximum absolute atomic E-state index is 13.3. The highest BCUT2D eigenvalue weighted by Gasteiger charge is 2.28. The Morgan fingerprint density at radius 2 is 1.29 bits per heavy atom. The first-order valence-electron chi connectivity index (χ1n) is 8.82. The van der Waals surface area contributed by atoms with Gasteiger partial charge >= 0.3 is 7.60 Å². The van der Waals surface area contributed by atoms with Crippen molar-refractivity contribution in [2.75, 3.05) is 12.8 Å². The fourth-order valence-corrected chi connectivity index (χ4v) is 3.92. The number of halogens is 3. The Kier molecular flexibility index (Phi) is 11.5. The van der Waals surface area contributed by atoms with Crippen LogP contribution in [0.25, 0.3) is 0 Å². The molecule has 0 saturated carbocycles. The van der Waals surface area contributed by atoms with Crippen molar-refractivity contribution in [1.29, 1.82) is 5.41 Å². The molecule has 3 aromatic rings. The van der Waals surface area contributed by atoms with E-state index in [1.165, 1.54) is 0 Å². The number of para-hydroxylation sites is 2. The topological polar surface area (TPSA) is 80.6 Å². The first kappa shape index (κ1) is 26.8. The largest absolute Gasteiger partial charge is 0.444 e. The van der Waals surface area contributed by atoms with E-state index in [-0.39, 0.29) is 43.5 Å². The Balaban J connectivity index is 0.00000240. The summed E-state index contributed by atoms with van der Waals surface area (Å²) in [6.45, 7) is 0.0446. The molecule has 3 rings (SSSR count). The number of benzene rings is 3. The minimum absolute atomic E-state index is 0. The molecule has 0 saturated heterocycles. The van der Waals surface area contributed by atoms with Gasteiger partial charge in [-0.1, -0.05) is 48.0 Å². The monoisotopic (exact) mass is 502 g/mol. The fraction of sp³-hybridized carbons (Fsp3) is 0.0952. The van der Waals surface area contributed by atoms with Gasteiger partial charge in [0, 0.05) is 5.02 Å². The van der Waals surface area contributed by atoms with Crippen LogP contribution in [0.1, 0.15) is 0 Å². The molecule has 0 atom stereocenters. The van der Waals surface area contributed by atoms with Crippen LogP contribution in [0.2, 0.25) is 5.02 Å². The van der Waals surface area contributed by atoms with Crippen LogP contribution < -0.4 is 19.1 Å². The van der Waals surface area contributed by atoms with Gasteiger partial charge in [-0.15, -0.1) is 24.8 Å². The third-order valence-corrected chi connectivity index (χ3v) is 5.46. The van der Waals surface area contributed by atoms with E-state index in [2.05, 4.69) is 5.32 Å². The molecule has 3 aromatic carbocycles. The van der Waals surface area contributed by atoms with Gasteiger partial charge in [0.15, 0.2) is 0 Å². The SMILES string of the molecule is Cl.Cl.N=C(CNCP(=O)(Oc1ccccc1)Oc1ccccc1)Oc1ccc(Cl)cc1. The van der Waals surface area contributed by atoms with E-state index < -0.39 is 7.60 Å². The summed E-state index contributed by atoms with van der Waals surface area (Å²) >= 11 is 5.83. The van der Waals surface area contributed by atoms with Crippen molar-refractivity contribution >= 4 is 49.9 Å². The number of ether oxygens (including phenoxy) is 1. The molecular weight excluding hydrogens is 482 g/mol. The van der Waals surface area contributed by atoms with Gasteiger partial charge < -0.3 is 13.8 Å². The summed E-state index contributed by atoms with van der Waals surface area (Å²) in [7, 11) is -3.59. The summed E-state index contributed by atoms with van der Waals surface area (Å²) in [6.07, 6.45) is -0.108. The average molecular weight is 504 g/mol. The van der Waals surface area contributed by atoms with E-state index >= 15 is 0 Å². The molecule has 31 heavy (non-hydrogen) atoms. The second-order valence-corrected chi connectivity index (χ2v) is 8.32. The summed E-state index contributed by atoms with van der Waals surface area (Å²) in [6, 6.07) is 24.3. The van der Waals surface area contributed by atoms with Crippen molar-refractivity contribution < 1.29 is 18.3 Å². The molecule has 166 valence electrons. The lowest BCUT2D eigenvalue weighted by Crippen LogP contribution is -2.28. The van der Waals surface area contributed by atoms with Crippen molar-refractivity contribution in [2.45, 2.75) is 0 Å². The second kappa shape index (κ2) is 13.3. The van der Waals surface area contributed by atoms with Crippen molar-refractivity contribution in [3.05, 3.63) is 90.0 Å². The molecule has 10 heteroatoms. The predicted octanol–water partition coefficient (Wildman–Crippen LogP) is 6.44. The summed E-state index contributed by atoms with van der Waals surface area (Å²) in [4.78, 5) is 0. The zero-order chi connectivity index (χ0) is 20.5. The summed E-state index contributed by atoms with van der Waals surface area (Å²) in [5.41, 5.74) is 0. The van der Waals surface area contributed by atoms with Gasteiger partial charge in [-0.25, -0.2) is 4.57 Å². The maximum Gasteiger partial charge on any atom is 0.444 e. The second-order valence-electron chi connectivity index (χ2n) is 5.98. The normalized spacial score (nSPS) is 10.2. The summed E-state index contributed by atoms with van der Waals surface area (Å²) in [5, 5.41) is 11.4. The van der Waals surface area contributed by atoms with Crippen molar-refractivity contribution in [2.24, 2.45) is 0 Å². The molecule has 2 N–H and O–H groups in total. The molecule has 0 aliphatic rings. The molecule has 0 aliphatic heterocycles. The summed E-state index contributed by atoms with van der Waals surface area (Å²) < 4.78 is 30.0. The van der Waals surface area contributed by atoms with Crippen LogP contribution in [0.5, 0.6) is 17.2 Å². The van der Waals surface area contributed by atoms with E-state index in [0.29, 0.717) is 22.3 Å². The smallest absolute Gasteiger partial charge is 0.442 e. The van der Waals surface area contributed by atoms with E-state index in [1.54, 1.807) is 72.8 Å². The van der Waals surface area contributed by atoms with Gasteiger partial charge in [-0.3, -0.25) is 10.7 Å². The maximum atomic E-state index is 13.3. The van der Waals surface area contributed by atoms with E-state index in [9.17, 15) is 4.57 Å². The fourth-order valence-electron chi connectivity index (χ4n) is 2.35. The van der Waals surface area contributed by atoms with Crippen LogP contribution in [0.3, 0.4) is 0 Å². The molecule has 0 unspecified atom stereocenters. The highest BCUT2D eigenvalue weighted by Crippen LogP contribution is 2.47. The molecule has 0 fully saturated rings. The van der Waals surface area contributed by atoms with Gasteiger partial charge in [-0.05, 0) is 48.5 Å². The Morgan fingerprint density at radius 3 is 1.77 bits per heavy atom. The molecule has 0 bridgehead atoms. The van der Waals surface area contributed by atoms with Crippen LogP contribution in [0.15, 0.2) is 84.9 Å². The van der Waals surface area contributed by atoms with Crippen LogP contribution in [0, 0.1) is 5.41 Å². The first-order chi connectivity index (χ1) is 14.0. The van der Waals surface area contributed by atoms with Gasteiger partial charge in [0.1, 0.15) is 23.5 Å². The average Bonchev–Trinajstić information content (AvgIpc) is 2.71. The van der Waals surface area contributed by atoms with Gasteiger partial charge in [0.05, 0.1) is 6.54 Å². The van der Waals surface area contributed by atoms with Crippen molar-refractivity contribution in [3.8, 4) is 17.2 Å². The molecular formula is C21H22Cl3N2O4P. The lowest BCUT2D eigenvalue weighted by Gasteiger charge is -2.20. The molecule has 0 aromatic heterocycles. The van der Waals surface area contributed by atoms with E-state index in [0.717, 1.165) is 0 Å². The lowest BCUT2D eigenvalue weighted by atomic mass is 10.3. The van der Waals surface area contributed by atoms with Crippen molar-refractivity contribution in [3.63, 3.8) is 0 Å². The lowest BCUT2D eigenvalue weighted by molar-refractivity contribution is 0.381. The van der Waals surface area contributed by atoms with Gasteiger partial charge in [-0.2, -0.15) is 0 Å². The van der Waals surface area contributed by atoms with Gasteiger partial charge in [0.2, 0.25) is 5.90 Å². The zero-order valence-electron chi connectivity index (χ0n) is 16.3. The minimum atomic E-state index is -3.59. The molecule has 0 radical (unpaired) electrons. The Labute approximate surface area is 198 Å². The zero-order valence-corrected chi connectivity index (χ0v) is 19.6. The van der Waals surface area contributed by atoms with Crippen LogP contribution in [-0.2, 0) is 4.57 Å². The Morgan fingerprint density at radius 1 is 0.806 bits per heavy atom. The predicted molar refractivity (Wildman–Crippen MR) is 129 cm³/mol. The molecule has 0 heterocycles. The standard InChI is InChI=1S/C21H20ClN2O4P.2ClH/c22-17-11-13-18(14-12-17)26-21(23)15-24-16-29(25,27-19-7-3-1-4-8-19)28-20-9-5-2-6-10-20;;/h1-14,23-24H,15-16H2;2*1H. The first-order valence-corrected chi connectivity index (χ1v) is 10.9. The highest BCUT2D eigenvalue weighted by atomic mass is 35.5. The van der Waals surface area contributed by atoms with E-state index in [4.69, 9.17) is 30.8 Å². The third kappa shape index (κ3) is 9.21. The molecule has 0 spiro atoms. The molecule has 0 aliphatic carbocycles. The number of nitrogens with one attached hydrogen (secondary N) is 2. The van der Waals surface area contributed by atoms with Crippen molar-refractivity contribution in [1.82, 2.24) is 5.32 Å². The number of hydrogen-bond donors (Lipinski definition) is 2. The highest BCUT2D eigenvalue weighted by molar-refractivity contribution is 7.54. The van der Waals surface area contributed by atoms with Crippen LogP contribution in [0.4, 0.5) is 0 Å². The van der Waals surface area contributed by atoms with Crippen LogP contribution in [-0.4, -0.2) is 18.7 Å². The molecule has 6 nitrogen and oxygen atoms in total. The van der Waals surface area contributed by atoms with E-state index in [1.807, 2.05) is 12.1 Å². The Hall–Kier alpha value is -2.21. The minimum Gasteiger partial charge on any atom is -0.442 e. The van der Waals surface area contributed by atoms with Gasteiger partial charge in [0.25, 0.3) is 0 Å². The van der Waals surface area contributed by atoms with Crippen LogP contribution >= 0.6 is 44.0 Å². The molecule has 0 amide bonds. The third-order valence-electron chi connectivity index (χ3n) is 3.62.